The molecule has 108 valence electrons. The first-order valence-corrected chi connectivity index (χ1v) is 11.6. The molecule has 19 heavy (non-hydrogen) atoms. The molecule has 0 amide bonds. The van der Waals surface area contributed by atoms with Crippen LogP contribution in [0.2, 0.25) is 0 Å². The first kappa shape index (κ1) is 16.5. The van der Waals surface area contributed by atoms with Gasteiger partial charge in [-0.1, -0.05) is 31.9 Å². The Kier molecular flexibility index (Phi) is 5.60. The van der Waals surface area contributed by atoms with Crippen molar-refractivity contribution in [1.82, 2.24) is 0 Å². The second kappa shape index (κ2) is 6.46. The number of sulfone groups is 1. The lowest BCUT2D eigenvalue weighted by atomic mass is 9.75. The topological polar surface area (TPSA) is 34.1 Å². The van der Waals surface area contributed by atoms with Gasteiger partial charge >= 0.3 is 0 Å². The Morgan fingerprint density at radius 3 is 2.42 bits per heavy atom. The molecule has 1 unspecified atom stereocenters. The molecule has 1 aliphatic heterocycles. The monoisotopic (exact) mass is 492 g/mol. The molecule has 1 saturated heterocycles. The minimum absolute atomic E-state index is 0.0200. The average molecular weight is 495 g/mol. The standard InChI is InChI=1S/C12H15Br3O2S2/c13-7-12(8-14,5-10-1-2-11(15)18-10)9-3-4-19(16,17)6-9/h1-2,9H,3-8H2. The minimum Gasteiger partial charge on any atom is -0.229 e. The molecule has 2 heterocycles. The summed E-state index contributed by atoms with van der Waals surface area (Å²) in [6.07, 6.45) is 1.70. The molecule has 1 atom stereocenters. The van der Waals surface area contributed by atoms with E-state index in [-0.39, 0.29) is 11.3 Å². The molecule has 1 aliphatic rings. The molecule has 0 aliphatic carbocycles. The van der Waals surface area contributed by atoms with Gasteiger partial charge in [-0.3, -0.25) is 0 Å². The maximum absolute atomic E-state index is 11.7. The maximum Gasteiger partial charge on any atom is 0.150 e. The van der Waals surface area contributed by atoms with Gasteiger partial charge in [-0.2, -0.15) is 0 Å². The fourth-order valence-electron chi connectivity index (χ4n) is 2.56. The molecule has 1 aromatic rings. The van der Waals surface area contributed by atoms with Gasteiger partial charge in [0, 0.05) is 15.5 Å². The van der Waals surface area contributed by atoms with Gasteiger partial charge in [0.25, 0.3) is 0 Å². The molecule has 1 fully saturated rings. The van der Waals surface area contributed by atoms with E-state index in [1.54, 1.807) is 11.3 Å². The lowest BCUT2D eigenvalue weighted by molar-refractivity contribution is 0.255. The van der Waals surface area contributed by atoms with Crippen molar-refractivity contribution in [3.8, 4) is 0 Å². The number of rotatable bonds is 5. The van der Waals surface area contributed by atoms with Gasteiger partial charge in [0.1, 0.15) is 0 Å². The molecular formula is C12H15Br3O2S2. The van der Waals surface area contributed by atoms with E-state index in [1.165, 1.54) is 4.88 Å². The van der Waals surface area contributed by atoms with Gasteiger partial charge in [0.2, 0.25) is 0 Å². The largest absolute Gasteiger partial charge is 0.229 e. The van der Waals surface area contributed by atoms with E-state index in [0.717, 1.165) is 27.3 Å². The molecule has 0 spiro atoms. The van der Waals surface area contributed by atoms with Crippen molar-refractivity contribution in [2.45, 2.75) is 12.8 Å². The zero-order valence-corrected chi connectivity index (χ0v) is 16.6. The second-order valence-corrected chi connectivity index (χ2v) is 11.0. The fraction of sp³-hybridized carbons (Fsp3) is 0.667. The van der Waals surface area contributed by atoms with Crippen molar-refractivity contribution >= 4 is 69.0 Å². The highest BCUT2D eigenvalue weighted by molar-refractivity contribution is 9.11. The summed E-state index contributed by atoms with van der Waals surface area (Å²) in [6.45, 7) is 0. The van der Waals surface area contributed by atoms with Gasteiger partial charge in [0.05, 0.1) is 15.3 Å². The lowest BCUT2D eigenvalue weighted by Crippen LogP contribution is -2.37. The molecule has 7 heteroatoms. The van der Waals surface area contributed by atoms with Crippen molar-refractivity contribution in [3.63, 3.8) is 0 Å². The van der Waals surface area contributed by atoms with Crippen molar-refractivity contribution in [2.24, 2.45) is 11.3 Å². The Balaban J connectivity index is 2.22. The Bertz CT molecular complexity index is 535. The number of hydrogen-bond acceptors (Lipinski definition) is 3. The average Bonchev–Trinajstić information content (AvgIpc) is 2.92. The van der Waals surface area contributed by atoms with Crippen molar-refractivity contribution in [2.75, 3.05) is 22.2 Å². The summed E-state index contributed by atoms with van der Waals surface area (Å²) in [4.78, 5) is 1.30. The Hall–Kier alpha value is 1.09. The van der Waals surface area contributed by atoms with Crippen LogP contribution in [-0.4, -0.2) is 30.6 Å². The molecular weight excluding hydrogens is 480 g/mol. The van der Waals surface area contributed by atoms with Gasteiger partial charge < -0.3 is 0 Å². The summed E-state index contributed by atoms with van der Waals surface area (Å²) in [5.41, 5.74) is -0.0200. The number of halogens is 3. The predicted molar refractivity (Wildman–Crippen MR) is 92.5 cm³/mol. The molecule has 2 rings (SSSR count). The van der Waals surface area contributed by atoms with Crippen molar-refractivity contribution in [3.05, 3.63) is 20.8 Å². The quantitative estimate of drug-likeness (QED) is 0.573. The highest BCUT2D eigenvalue weighted by Gasteiger charge is 2.43. The van der Waals surface area contributed by atoms with Crippen LogP contribution in [0.1, 0.15) is 11.3 Å². The number of alkyl halides is 2. The third-order valence-corrected chi connectivity index (χ3v) is 9.41. The second-order valence-electron chi connectivity index (χ2n) is 5.11. The number of hydrogen-bond donors (Lipinski definition) is 0. The van der Waals surface area contributed by atoms with Crippen LogP contribution in [-0.2, 0) is 16.3 Å². The molecule has 0 bridgehead atoms. The molecule has 0 N–H and O–H groups in total. The normalized spacial score (nSPS) is 22.8. The van der Waals surface area contributed by atoms with Crippen LogP contribution in [0.25, 0.3) is 0 Å². The first-order valence-electron chi connectivity index (χ1n) is 5.97. The molecule has 0 radical (unpaired) electrons. The minimum atomic E-state index is -2.83. The van der Waals surface area contributed by atoms with Crippen LogP contribution in [0.15, 0.2) is 15.9 Å². The van der Waals surface area contributed by atoms with Crippen LogP contribution < -0.4 is 0 Å². The highest BCUT2D eigenvalue weighted by Crippen LogP contribution is 2.43. The van der Waals surface area contributed by atoms with E-state index < -0.39 is 9.84 Å². The van der Waals surface area contributed by atoms with E-state index in [0.29, 0.717) is 11.5 Å². The zero-order chi connectivity index (χ0) is 14.1. The van der Waals surface area contributed by atoms with Crippen LogP contribution in [0, 0.1) is 11.3 Å². The molecule has 0 aromatic carbocycles. The van der Waals surface area contributed by atoms with Gasteiger partial charge in [-0.25, -0.2) is 8.42 Å². The molecule has 0 saturated carbocycles. The first-order chi connectivity index (χ1) is 8.91. The van der Waals surface area contributed by atoms with Crippen LogP contribution in [0.5, 0.6) is 0 Å². The van der Waals surface area contributed by atoms with Gasteiger partial charge in [0.15, 0.2) is 9.84 Å². The Morgan fingerprint density at radius 2 is 2.00 bits per heavy atom. The van der Waals surface area contributed by atoms with Crippen LogP contribution >= 0.6 is 59.1 Å². The predicted octanol–water partition coefficient (Wildman–Crippen LogP) is 4.26. The lowest BCUT2D eigenvalue weighted by Gasteiger charge is -2.35. The van der Waals surface area contributed by atoms with E-state index in [4.69, 9.17) is 0 Å². The fourth-order valence-corrected chi connectivity index (χ4v) is 8.39. The number of thiophene rings is 1. The van der Waals surface area contributed by atoms with Crippen LogP contribution in [0.4, 0.5) is 0 Å². The van der Waals surface area contributed by atoms with E-state index in [9.17, 15) is 8.42 Å². The SMILES string of the molecule is O=S1(=O)CCC(C(CBr)(CBr)Cc2ccc(Br)s2)C1. The summed E-state index contributed by atoms with van der Waals surface area (Å²) in [5.74, 6) is 0.904. The van der Waals surface area contributed by atoms with Crippen molar-refractivity contribution in [1.29, 1.82) is 0 Å². The smallest absolute Gasteiger partial charge is 0.150 e. The molecule has 1 aromatic heterocycles. The van der Waals surface area contributed by atoms with Gasteiger partial charge in [-0.05, 0) is 52.2 Å². The highest BCUT2D eigenvalue weighted by atomic mass is 79.9. The van der Waals surface area contributed by atoms with Crippen molar-refractivity contribution < 1.29 is 8.42 Å². The maximum atomic E-state index is 11.7. The third kappa shape index (κ3) is 3.84. The van der Waals surface area contributed by atoms with E-state index >= 15 is 0 Å². The summed E-state index contributed by atoms with van der Waals surface area (Å²) >= 11 is 12.4. The summed E-state index contributed by atoms with van der Waals surface area (Å²) < 4.78 is 24.6. The van der Waals surface area contributed by atoms with E-state index in [2.05, 4.69) is 59.9 Å². The summed E-state index contributed by atoms with van der Waals surface area (Å²) in [5, 5.41) is 1.64. The van der Waals surface area contributed by atoms with Gasteiger partial charge in [-0.15, -0.1) is 11.3 Å². The summed E-state index contributed by atoms with van der Waals surface area (Å²) in [6, 6.07) is 4.18. The Morgan fingerprint density at radius 1 is 1.32 bits per heavy atom. The third-order valence-electron chi connectivity index (χ3n) is 3.79. The zero-order valence-electron chi connectivity index (χ0n) is 10.2. The van der Waals surface area contributed by atoms with E-state index in [1.807, 2.05) is 0 Å². The molecule has 2 nitrogen and oxygen atoms in total. The van der Waals surface area contributed by atoms with Crippen LogP contribution in [0.3, 0.4) is 0 Å². The summed E-state index contributed by atoms with van der Waals surface area (Å²) in [7, 11) is -2.83. The Labute approximate surface area is 143 Å².